The second-order valence-corrected chi connectivity index (χ2v) is 8.74. The van der Waals surface area contributed by atoms with Gasteiger partial charge in [-0.2, -0.15) is 13.2 Å². The largest absolute Gasteiger partial charge is 0.416 e. The molecule has 2 aromatic rings. The highest BCUT2D eigenvalue weighted by molar-refractivity contribution is 5.92. The van der Waals surface area contributed by atoms with Crippen LogP contribution in [0.4, 0.5) is 18.9 Å². The number of alkyl halides is 3. The van der Waals surface area contributed by atoms with E-state index in [0.29, 0.717) is 13.1 Å². The Morgan fingerprint density at radius 3 is 2.59 bits per heavy atom. The molecule has 2 N–H and O–H groups in total. The minimum atomic E-state index is -4.46. The minimum Gasteiger partial charge on any atom is -0.390 e. The standard InChI is InChI=1S/C24H28F3N3O2/c25-24(26,27)19-8-4-9-20(14-19)28-22(32)17-29-13-11-23(21(31)16-29)10-5-12-30(23)15-18-6-2-1-3-7-18/h1-4,6-9,14,21,31H,5,10-13,15-17H2,(H,28,32)/t21-,23-/m0/s1. The van der Waals surface area contributed by atoms with Gasteiger partial charge in [-0.1, -0.05) is 36.4 Å². The van der Waals surface area contributed by atoms with Gasteiger partial charge in [-0.3, -0.25) is 14.6 Å². The van der Waals surface area contributed by atoms with E-state index < -0.39 is 17.8 Å². The van der Waals surface area contributed by atoms with Crippen molar-refractivity contribution >= 4 is 11.6 Å². The molecule has 0 saturated carbocycles. The van der Waals surface area contributed by atoms with E-state index in [9.17, 15) is 23.1 Å². The Morgan fingerprint density at radius 1 is 1.09 bits per heavy atom. The zero-order valence-electron chi connectivity index (χ0n) is 17.8. The average Bonchev–Trinajstić information content (AvgIpc) is 3.14. The fourth-order valence-electron chi connectivity index (χ4n) is 5.00. The average molecular weight is 448 g/mol. The number of amides is 1. The fraction of sp³-hybridized carbons (Fsp3) is 0.458. The molecule has 0 bridgehead atoms. The molecule has 2 aliphatic heterocycles. The molecule has 0 aliphatic carbocycles. The number of halogens is 3. The summed E-state index contributed by atoms with van der Waals surface area (Å²) in [6.07, 6.45) is -2.36. The molecular formula is C24H28F3N3O2. The Bertz CT molecular complexity index is 938. The highest BCUT2D eigenvalue weighted by Gasteiger charge is 2.49. The van der Waals surface area contributed by atoms with Gasteiger partial charge in [0, 0.05) is 30.9 Å². The summed E-state index contributed by atoms with van der Waals surface area (Å²) in [4.78, 5) is 16.7. The van der Waals surface area contributed by atoms with Gasteiger partial charge in [0.25, 0.3) is 0 Å². The molecule has 1 spiro atoms. The zero-order valence-corrected chi connectivity index (χ0v) is 17.8. The summed E-state index contributed by atoms with van der Waals surface area (Å²) in [5, 5.41) is 13.6. The number of aliphatic hydroxyl groups is 1. The van der Waals surface area contributed by atoms with E-state index in [-0.39, 0.29) is 23.7 Å². The molecule has 2 aliphatic rings. The van der Waals surface area contributed by atoms with Crippen LogP contribution in [-0.2, 0) is 17.5 Å². The first-order chi connectivity index (χ1) is 15.3. The normalized spacial score (nSPS) is 24.7. The third kappa shape index (κ3) is 4.98. The molecule has 4 rings (SSSR count). The highest BCUT2D eigenvalue weighted by Crippen LogP contribution is 2.39. The van der Waals surface area contributed by atoms with Crippen LogP contribution in [0.15, 0.2) is 54.6 Å². The first-order valence-corrected chi connectivity index (χ1v) is 10.9. The number of aliphatic hydroxyl groups excluding tert-OH is 1. The van der Waals surface area contributed by atoms with E-state index in [1.807, 2.05) is 23.1 Å². The second kappa shape index (κ2) is 9.21. The Kier molecular flexibility index (Phi) is 6.55. The van der Waals surface area contributed by atoms with Crippen LogP contribution in [0.1, 0.15) is 30.4 Å². The van der Waals surface area contributed by atoms with Gasteiger partial charge in [0.2, 0.25) is 5.91 Å². The summed E-state index contributed by atoms with van der Waals surface area (Å²) in [6.45, 7) is 2.76. The number of likely N-dealkylation sites (tertiary alicyclic amines) is 2. The molecule has 2 fully saturated rings. The van der Waals surface area contributed by atoms with Crippen molar-refractivity contribution in [3.63, 3.8) is 0 Å². The molecule has 2 aromatic carbocycles. The minimum absolute atomic E-state index is 0.0298. The molecule has 0 aromatic heterocycles. The fourth-order valence-corrected chi connectivity index (χ4v) is 5.00. The topological polar surface area (TPSA) is 55.8 Å². The SMILES string of the molecule is O=C(CN1CC[C@@]2(CCCN2Cc2ccccc2)[C@@H](O)C1)Nc1cccc(C(F)(F)F)c1. The number of nitrogens with one attached hydrogen (secondary N) is 1. The smallest absolute Gasteiger partial charge is 0.390 e. The lowest BCUT2D eigenvalue weighted by Gasteiger charge is -2.48. The van der Waals surface area contributed by atoms with E-state index in [1.54, 1.807) is 0 Å². The van der Waals surface area contributed by atoms with Crippen LogP contribution in [-0.4, -0.2) is 58.6 Å². The third-order valence-corrected chi connectivity index (χ3v) is 6.64. The zero-order chi connectivity index (χ0) is 22.8. The summed E-state index contributed by atoms with van der Waals surface area (Å²) in [7, 11) is 0. The molecule has 5 nitrogen and oxygen atoms in total. The van der Waals surface area contributed by atoms with Crippen molar-refractivity contribution in [3.05, 3.63) is 65.7 Å². The predicted octanol–water partition coefficient (Wildman–Crippen LogP) is 3.75. The van der Waals surface area contributed by atoms with Crippen LogP contribution in [0, 0.1) is 0 Å². The number of piperidine rings is 1. The van der Waals surface area contributed by atoms with Crippen molar-refractivity contribution < 1.29 is 23.1 Å². The molecule has 32 heavy (non-hydrogen) atoms. The molecule has 1 amide bonds. The highest BCUT2D eigenvalue weighted by atomic mass is 19.4. The summed E-state index contributed by atoms with van der Waals surface area (Å²) < 4.78 is 38.6. The number of anilines is 1. The number of benzene rings is 2. The number of rotatable bonds is 5. The Labute approximate surface area is 185 Å². The van der Waals surface area contributed by atoms with Gasteiger partial charge in [-0.05, 0) is 49.6 Å². The van der Waals surface area contributed by atoms with Crippen molar-refractivity contribution in [3.8, 4) is 0 Å². The maximum Gasteiger partial charge on any atom is 0.416 e. The lowest BCUT2D eigenvalue weighted by molar-refractivity contribution is -0.137. The summed E-state index contributed by atoms with van der Waals surface area (Å²) in [5.41, 5.74) is 0.238. The van der Waals surface area contributed by atoms with E-state index >= 15 is 0 Å². The quantitative estimate of drug-likeness (QED) is 0.733. The first-order valence-electron chi connectivity index (χ1n) is 10.9. The van der Waals surface area contributed by atoms with Gasteiger partial charge < -0.3 is 10.4 Å². The van der Waals surface area contributed by atoms with Crippen molar-refractivity contribution in [2.75, 3.05) is 31.5 Å². The van der Waals surface area contributed by atoms with Crippen molar-refractivity contribution in [1.29, 1.82) is 0 Å². The third-order valence-electron chi connectivity index (χ3n) is 6.64. The predicted molar refractivity (Wildman–Crippen MR) is 116 cm³/mol. The maximum atomic E-state index is 12.9. The van der Waals surface area contributed by atoms with Crippen molar-refractivity contribution in [2.24, 2.45) is 0 Å². The first kappa shape index (κ1) is 22.8. The molecule has 172 valence electrons. The number of β-amino-alcohol motifs (C(OH)–C–C–N with tert-alkyl or cyclic N) is 1. The molecular weight excluding hydrogens is 419 g/mol. The van der Waals surface area contributed by atoms with Gasteiger partial charge in [0.15, 0.2) is 0 Å². The molecule has 2 atom stereocenters. The molecule has 2 heterocycles. The van der Waals surface area contributed by atoms with E-state index in [1.165, 1.54) is 17.7 Å². The van der Waals surface area contributed by atoms with Crippen LogP contribution in [0.25, 0.3) is 0 Å². The van der Waals surface area contributed by atoms with Gasteiger partial charge in [-0.25, -0.2) is 0 Å². The molecule has 0 radical (unpaired) electrons. The summed E-state index contributed by atoms with van der Waals surface area (Å²) >= 11 is 0. The second-order valence-electron chi connectivity index (χ2n) is 8.74. The Morgan fingerprint density at radius 2 is 1.88 bits per heavy atom. The van der Waals surface area contributed by atoms with Gasteiger partial charge in [0.1, 0.15) is 0 Å². The van der Waals surface area contributed by atoms with Crippen LogP contribution in [0.2, 0.25) is 0 Å². The Balaban J connectivity index is 1.35. The van der Waals surface area contributed by atoms with Crippen molar-refractivity contribution in [1.82, 2.24) is 9.80 Å². The summed E-state index contributed by atoms with van der Waals surface area (Å²) in [6, 6.07) is 14.8. The van der Waals surface area contributed by atoms with Crippen molar-refractivity contribution in [2.45, 2.75) is 43.6 Å². The maximum absolute atomic E-state index is 12.9. The molecule has 2 saturated heterocycles. The van der Waals surface area contributed by atoms with Gasteiger partial charge in [-0.15, -0.1) is 0 Å². The molecule has 8 heteroatoms. The van der Waals surface area contributed by atoms with Crippen LogP contribution < -0.4 is 5.32 Å². The number of carbonyl (C=O) groups is 1. The number of hydrogen-bond acceptors (Lipinski definition) is 4. The van der Waals surface area contributed by atoms with Gasteiger partial charge in [0.05, 0.1) is 18.2 Å². The van der Waals surface area contributed by atoms with E-state index in [2.05, 4.69) is 22.3 Å². The van der Waals surface area contributed by atoms with E-state index in [0.717, 1.165) is 44.5 Å². The lowest BCUT2D eigenvalue weighted by atomic mass is 9.82. The van der Waals surface area contributed by atoms with Crippen LogP contribution >= 0.6 is 0 Å². The summed E-state index contributed by atoms with van der Waals surface area (Å²) in [5.74, 6) is -0.389. The van der Waals surface area contributed by atoms with Gasteiger partial charge >= 0.3 is 6.18 Å². The monoisotopic (exact) mass is 447 g/mol. The van der Waals surface area contributed by atoms with Crippen LogP contribution in [0.3, 0.4) is 0 Å². The van der Waals surface area contributed by atoms with E-state index in [4.69, 9.17) is 0 Å². The number of hydrogen-bond donors (Lipinski definition) is 2. The number of carbonyl (C=O) groups excluding carboxylic acids is 1. The Hall–Kier alpha value is -2.42. The molecule has 0 unspecified atom stereocenters. The van der Waals surface area contributed by atoms with Crippen LogP contribution in [0.5, 0.6) is 0 Å². The number of nitrogens with zero attached hydrogens (tertiary/aromatic N) is 2. The lowest BCUT2D eigenvalue weighted by Crippen LogP contribution is -2.61.